The Labute approximate surface area is 131 Å². The van der Waals surface area contributed by atoms with Gasteiger partial charge in [0.1, 0.15) is 12.4 Å². The SMILES string of the molecule is NC(=O)NCCCCCC(=O)OCc1ccc(Br)cc1F. The van der Waals surface area contributed by atoms with Crippen molar-refractivity contribution in [1.82, 2.24) is 5.32 Å². The molecule has 0 heterocycles. The quantitative estimate of drug-likeness (QED) is 0.552. The van der Waals surface area contributed by atoms with Crippen molar-refractivity contribution in [2.75, 3.05) is 6.54 Å². The van der Waals surface area contributed by atoms with Gasteiger partial charge in [0.25, 0.3) is 0 Å². The minimum Gasteiger partial charge on any atom is -0.461 e. The number of urea groups is 1. The number of ether oxygens (including phenoxy) is 1. The molecule has 0 aliphatic heterocycles. The molecule has 0 saturated heterocycles. The second-order valence-corrected chi connectivity index (χ2v) is 5.41. The summed E-state index contributed by atoms with van der Waals surface area (Å²) in [6.07, 6.45) is 2.45. The molecule has 0 aliphatic carbocycles. The molecular weight excluding hydrogens is 343 g/mol. The van der Waals surface area contributed by atoms with E-state index in [0.717, 1.165) is 12.8 Å². The van der Waals surface area contributed by atoms with Crippen LogP contribution in [0.2, 0.25) is 0 Å². The zero-order valence-corrected chi connectivity index (χ0v) is 13.1. The number of amides is 2. The first-order valence-electron chi connectivity index (χ1n) is 6.62. The van der Waals surface area contributed by atoms with Crippen LogP contribution in [0.1, 0.15) is 31.2 Å². The van der Waals surface area contributed by atoms with E-state index in [-0.39, 0.29) is 19.0 Å². The van der Waals surface area contributed by atoms with Gasteiger partial charge in [-0.1, -0.05) is 28.4 Å². The third-order valence-corrected chi connectivity index (χ3v) is 3.25. The highest BCUT2D eigenvalue weighted by Crippen LogP contribution is 2.16. The van der Waals surface area contributed by atoms with Crippen molar-refractivity contribution in [3.05, 3.63) is 34.1 Å². The first kappa shape index (κ1) is 17.4. The van der Waals surface area contributed by atoms with Gasteiger partial charge in [0.15, 0.2) is 0 Å². The molecule has 5 nitrogen and oxygen atoms in total. The topological polar surface area (TPSA) is 81.4 Å². The lowest BCUT2D eigenvalue weighted by Crippen LogP contribution is -2.29. The summed E-state index contributed by atoms with van der Waals surface area (Å²) < 4.78 is 19.1. The second-order valence-electron chi connectivity index (χ2n) is 4.50. The molecule has 0 bridgehead atoms. The van der Waals surface area contributed by atoms with E-state index in [1.54, 1.807) is 12.1 Å². The highest BCUT2D eigenvalue weighted by Gasteiger charge is 2.07. The van der Waals surface area contributed by atoms with Crippen LogP contribution >= 0.6 is 15.9 Å². The Morgan fingerprint density at radius 1 is 1.29 bits per heavy atom. The predicted molar refractivity (Wildman–Crippen MR) is 80.0 cm³/mol. The number of halogens is 2. The molecule has 0 atom stereocenters. The van der Waals surface area contributed by atoms with E-state index in [1.165, 1.54) is 6.07 Å². The van der Waals surface area contributed by atoms with Gasteiger partial charge >= 0.3 is 12.0 Å². The number of esters is 1. The first-order chi connectivity index (χ1) is 9.99. The highest BCUT2D eigenvalue weighted by molar-refractivity contribution is 9.10. The van der Waals surface area contributed by atoms with Crippen LogP contribution in [0.4, 0.5) is 9.18 Å². The lowest BCUT2D eigenvalue weighted by atomic mass is 10.2. The van der Waals surface area contributed by atoms with E-state index in [0.29, 0.717) is 23.0 Å². The fourth-order valence-electron chi connectivity index (χ4n) is 1.65. The molecule has 0 aromatic heterocycles. The number of nitrogens with one attached hydrogen (secondary N) is 1. The zero-order chi connectivity index (χ0) is 15.7. The summed E-state index contributed by atoms with van der Waals surface area (Å²) in [4.78, 5) is 21.9. The van der Waals surface area contributed by atoms with Gasteiger partial charge in [0.05, 0.1) is 0 Å². The molecule has 7 heteroatoms. The molecule has 1 rings (SSSR count). The van der Waals surface area contributed by atoms with E-state index in [4.69, 9.17) is 10.5 Å². The molecule has 0 fully saturated rings. The third kappa shape index (κ3) is 7.65. The Balaban J connectivity index is 2.15. The Morgan fingerprint density at radius 2 is 2.05 bits per heavy atom. The monoisotopic (exact) mass is 360 g/mol. The maximum Gasteiger partial charge on any atom is 0.312 e. The number of nitrogens with two attached hydrogens (primary N) is 1. The van der Waals surface area contributed by atoms with E-state index in [1.807, 2.05) is 0 Å². The molecule has 1 aromatic rings. The zero-order valence-electron chi connectivity index (χ0n) is 11.5. The van der Waals surface area contributed by atoms with Crippen LogP contribution in [0.3, 0.4) is 0 Å². The largest absolute Gasteiger partial charge is 0.461 e. The molecule has 0 unspecified atom stereocenters. The van der Waals surface area contributed by atoms with E-state index in [2.05, 4.69) is 21.2 Å². The van der Waals surface area contributed by atoms with Gasteiger partial charge in [-0.3, -0.25) is 4.79 Å². The van der Waals surface area contributed by atoms with Crippen molar-refractivity contribution >= 4 is 27.9 Å². The lowest BCUT2D eigenvalue weighted by Gasteiger charge is -2.06. The number of hydrogen-bond donors (Lipinski definition) is 2. The molecule has 21 heavy (non-hydrogen) atoms. The van der Waals surface area contributed by atoms with Crippen molar-refractivity contribution in [2.45, 2.75) is 32.3 Å². The fraction of sp³-hybridized carbons (Fsp3) is 0.429. The average molecular weight is 361 g/mol. The third-order valence-electron chi connectivity index (χ3n) is 2.76. The Bertz CT molecular complexity index is 497. The number of carbonyl (C=O) groups is 2. The van der Waals surface area contributed by atoms with Crippen molar-refractivity contribution in [1.29, 1.82) is 0 Å². The van der Waals surface area contributed by atoms with Crippen LogP contribution in [0.15, 0.2) is 22.7 Å². The molecule has 2 amide bonds. The summed E-state index contributed by atoms with van der Waals surface area (Å²) in [5.74, 6) is -0.769. The normalized spacial score (nSPS) is 10.2. The van der Waals surface area contributed by atoms with Gasteiger partial charge in [-0.15, -0.1) is 0 Å². The van der Waals surface area contributed by atoms with Crippen molar-refractivity contribution in [3.63, 3.8) is 0 Å². The van der Waals surface area contributed by atoms with Crippen LogP contribution in [0.5, 0.6) is 0 Å². The Morgan fingerprint density at radius 3 is 2.71 bits per heavy atom. The number of hydrogen-bond acceptors (Lipinski definition) is 3. The molecule has 3 N–H and O–H groups in total. The number of unbranched alkanes of at least 4 members (excludes halogenated alkanes) is 2. The molecular formula is C14H18BrFN2O3. The predicted octanol–water partition coefficient (Wildman–Crippen LogP) is 2.86. The van der Waals surface area contributed by atoms with Crippen molar-refractivity contribution in [2.24, 2.45) is 5.73 Å². The van der Waals surface area contributed by atoms with E-state index < -0.39 is 11.8 Å². The van der Waals surface area contributed by atoms with Crippen LogP contribution in [0, 0.1) is 5.82 Å². The average Bonchev–Trinajstić information content (AvgIpc) is 2.41. The van der Waals surface area contributed by atoms with E-state index in [9.17, 15) is 14.0 Å². The van der Waals surface area contributed by atoms with E-state index >= 15 is 0 Å². The lowest BCUT2D eigenvalue weighted by molar-refractivity contribution is -0.145. The smallest absolute Gasteiger partial charge is 0.312 e. The minimum absolute atomic E-state index is 0.0683. The molecule has 0 aliphatic rings. The minimum atomic E-state index is -0.550. The van der Waals surface area contributed by atoms with Crippen LogP contribution in [-0.4, -0.2) is 18.5 Å². The molecule has 116 valence electrons. The number of benzene rings is 1. The highest BCUT2D eigenvalue weighted by atomic mass is 79.9. The van der Waals surface area contributed by atoms with Gasteiger partial charge in [-0.2, -0.15) is 0 Å². The van der Waals surface area contributed by atoms with Gasteiger partial charge < -0.3 is 15.8 Å². The Kier molecular flexibility index (Phi) is 7.74. The number of primary amides is 1. The van der Waals surface area contributed by atoms with Gasteiger partial charge in [-0.25, -0.2) is 9.18 Å². The van der Waals surface area contributed by atoms with Crippen LogP contribution < -0.4 is 11.1 Å². The fourth-order valence-corrected chi connectivity index (χ4v) is 1.99. The summed E-state index contributed by atoms with van der Waals surface area (Å²) >= 11 is 3.16. The summed E-state index contributed by atoms with van der Waals surface area (Å²) in [6.45, 7) is 0.426. The number of rotatable bonds is 8. The summed E-state index contributed by atoms with van der Waals surface area (Å²) in [6, 6.07) is 4.04. The maximum absolute atomic E-state index is 13.5. The van der Waals surface area contributed by atoms with Crippen molar-refractivity contribution < 1.29 is 18.7 Å². The standard InChI is InChI=1S/C14H18BrFN2O3/c15-11-6-5-10(12(16)8-11)9-21-13(19)4-2-1-3-7-18-14(17)20/h5-6,8H,1-4,7,9H2,(H3,17,18,20). The van der Waals surface area contributed by atoms with Gasteiger partial charge in [-0.05, 0) is 25.0 Å². The molecule has 0 radical (unpaired) electrons. The number of carbonyl (C=O) groups excluding carboxylic acids is 2. The summed E-state index contributed by atoms with van der Waals surface area (Å²) in [5.41, 5.74) is 5.26. The van der Waals surface area contributed by atoms with Gasteiger partial charge in [0.2, 0.25) is 0 Å². The summed E-state index contributed by atoms with van der Waals surface area (Å²) in [7, 11) is 0. The van der Waals surface area contributed by atoms with Crippen molar-refractivity contribution in [3.8, 4) is 0 Å². The van der Waals surface area contributed by atoms with Crippen LogP contribution in [0.25, 0.3) is 0 Å². The van der Waals surface area contributed by atoms with Gasteiger partial charge in [0, 0.05) is 23.0 Å². The second kappa shape index (κ2) is 9.33. The molecule has 0 spiro atoms. The van der Waals surface area contributed by atoms with Crippen LogP contribution in [-0.2, 0) is 16.1 Å². The maximum atomic E-state index is 13.5. The first-order valence-corrected chi connectivity index (χ1v) is 7.41. The molecule has 0 saturated carbocycles. The summed E-state index contributed by atoms with van der Waals surface area (Å²) in [5, 5.41) is 2.47. The Hall–Kier alpha value is -1.63. The molecule has 1 aromatic carbocycles.